The number of rotatable bonds is 5. The number of epoxide rings is 1. The predicted molar refractivity (Wildman–Crippen MR) is 129 cm³/mol. The van der Waals surface area contributed by atoms with E-state index in [9.17, 15) is 10.2 Å². The predicted octanol–water partition coefficient (Wildman–Crippen LogP) is 6.06. The summed E-state index contributed by atoms with van der Waals surface area (Å²) >= 11 is 0. The van der Waals surface area contributed by atoms with Crippen LogP contribution in [0.25, 0.3) is 0 Å². The van der Waals surface area contributed by atoms with Gasteiger partial charge in [-0.15, -0.1) is 0 Å². The Morgan fingerprint density at radius 1 is 0.844 bits per heavy atom. The molecule has 5 rings (SSSR count). The number of aliphatic hydroxyl groups excluding tert-OH is 2. The molecule has 32 heavy (non-hydrogen) atoms. The highest BCUT2D eigenvalue weighted by atomic mass is 16.6. The van der Waals surface area contributed by atoms with E-state index in [1.165, 1.54) is 32.1 Å². The van der Waals surface area contributed by atoms with Crippen LogP contribution in [0.1, 0.15) is 99.3 Å². The van der Waals surface area contributed by atoms with E-state index in [2.05, 4.69) is 41.5 Å². The van der Waals surface area contributed by atoms with Crippen LogP contribution in [0.15, 0.2) is 0 Å². The third kappa shape index (κ3) is 3.46. The van der Waals surface area contributed by atoms with Gasteiger partial charge in [0.2, 0.25) is 0 Å². The van der Waals surface area contributed by atoms with E-state index in [1.54, 1.807) is 0 Å². The summed E-state index contributed by atoms with van der Waals surface area (Å²) in [6.45, 7) is 14.6. The molecular weight excluding hydrogens is 396 g/mol. The fourth-order valence-electron chi connectivity index (χ4n) is 10.4. The monoisotopic (exact) mass is 446 g/mol. The third-order valence-corrected chi connectivity index (χ3v) is 12.2. The molecule has 0 bridgehead atoms. The van der Waals surface area contributed by atoms with Crippen molar-refractivity contribution >= 4 is 0 Å². The van der Waals surface area contributed by atoms with E-state index in [0.29, 0.717) is 47.2 Å². The van der Waals surface area contributed by atoms with Gasteiger partial charge in [-0.25, -0.2) is 0 Å². The van der Waals surface area contributed by atoms with Gasteiger partial charge in [-0.3, -0.25) is 0 Å². The average molecular weight is 447 g/mol. The first-order valence-electron chi connectivity index (χ1n) is 14.1. The standard InChI is InChI=1S/C29H50O3/c1-7-19(16(2)3)27-26(32-27)17(4)21-8-9-22-20-15-25(31)24-14-18(30)10-12-29(24,6)23(20)11-13-28(21,22)5/h16-27,30-31H,7-15H2,1-6H3/t17-,18+,19-,20-,21+,22-,23-,24+,25+,26?,27?,28+,29+/m0/s1. The van der Waals surface area contributed by atoms with Crippen molar-refractivity contribution < 1.29 is 14.9 Å². The molecule has 184 valence electrons. The first-order valence-corrected chi connectivity index (χ1v) is 14.1. The van der Waals surface area contributed by atoms with Crippen LogP contribution >= 0.6 is 0 Å². The molecule has 0 aromatic heterocycles. The summed E-state index contributed by atoms with van der Waals surface area (Å²) in [6.07, 6.45) is 11.0. The van der Waals surface area contributed by atoms with E-state index in [4.69, 9.17) is 4.74 Å². The first kappa shape index (κ1) is 23.6. The Balaban J connectivity index is 1.33. The lowest BCUT2D eigenvalue weighted by atomic mass is 9.43. The Morgan fingerprint density at radius 2 is 1.53 bits per heavy atom. The van der Waals surface area contributed by atoms with Gasteiger partial charge in [-0.2, -0.15) is 0 Å². The zero-order valence-corrected chi connectivity index (χ0v) is 21.6. The lowest BCUT2D eigenvalue weighted by Crippen LogP contribution is -2.58. The van der Waals surface area contributed by atoms with Crippen molar-refractivity contribution in [3.8, 4) is 0 Å². The minimum Gasteiger partial charge on any atom is -0.393 e. The molecule has 0 aromatic rings. The topological polar surface area (TPSA) is 53.0 Å². The second kappa shape index (κ2) is 8.23. The fourth-order valence-corrected chi connectivity index (χ4v) is 10.4. The highest BCUT2D eigenvalue weighted by Crippen LogP contribution is 2.69. The molecular formula is C29H50O3. The van der Waals surface area contributed by atoms with Crippen molar-refractivity contribution in [1.29, 1.82) is 0 Å². The van der Waals surface area contributed by atoms with Crippen LogP contribution in [-0.2, 0) is 4.74 Å². The van der Waals surface area contributed by atoms with Gasteiger partial charge in [-0.05, 0) is 110 Å². The summed E-state index contributed by atoms with van der Waals surface area (Å²) < 4.78 is 6.39. The van der Waals surface area contributed by atoms with Crippen LogP contribution in [0.4, 0.5) is 0 Å². The first-order chi connectivity index (χ1) is 15.1. The second-order valence-electron chi connectivity index (χ2n) is 13.7. The molecule has 4 saturated carbocycles. The Hall–Kier alpha value is -0.120. The van der Waals surface area contributed by atoms with Crippen molar-refractivity contribution in [2.24, 2.45) is 58.2 Å². The molecule has 5 aliphatic rings. The Bertz CT molecular complexity index is 692. The van der Waals surface area contributed by atoms with Gasteiger partial charge < -0.3 is 14.9 Å². The molecule has 2 unspecified atom stereocenters. The molecule has 1 saturated heterocycles. The van der Waals surface area contributed by atoms with Gasteiger partial charge in [0.25, 0.3) is 0 Å². The largest absolute Gasteiger partial charge is 0.393 e. The zero-order chi connectivity index (χ0) is 23.0. The molecule has 1 heterocycles. The van der Waals surface area contributed by atoms with Gasteiger partial charge in [0.15, 0.2) is 0 Å². The lowest BCUT2D eigenvalue weighted by molar-refractivity contribution is -0.172. The van der Waals surface area contributed by atoms with Crippen molar-refractivity contribution in [1.82, 2.24) is 0 Å². The smallest absolute Gasteiger partial charge is 0.0875 e. The van der Waals surface area contributed by atoms with Crippen LogP contribution in [0.2, 0.25) is 0 Å². The normalized spacial score (nSPS) is 54.5. The Kier molecular flexibility index (Phi) is 6.07. The van der Waals surface area contributed by atoms with Crippen LogP contribution in [0.3, 0.4) is 0 Å². The maximum absolute atomic E-state index is 11.2. The number of ether oxygens (including phenoxy) is 1. The van der Waals surface area contributed by atoms with Crippen molar-refractivity contribution in [3.63, 3.8) is 0 Å². The third-order valence-electron chi connectivity index (χ3n) is 12.2. The van der Waals surface area contributed by atoms with Gasteiger partial charge in [0.1, 0.15) is 0 Å². The van der Waals surface area contributed by atoms with E-state index < -0.39 is 0 Å². The Labute approximate surface area is 197 Å². The molecule has 0 spiro atoms. The molecule has 4 aliphatic carbocycles. The van der Waals surface area contributed by atoms with Gasteiger partial charge >= 0.3 is 0 Å². The van der Waals surface area contributed by atoms with Crippen molar-refractivity contribution in [2.45, 2.75) is 124 Å². The van der Waals surface area contributed by atoms with Gasteiger partial charge in [0.05, 0.1) is 24.4 Å². The second-order valence-corrected chi connectivity index (χ2v) is 13.7. The Morgan fingerprint density at radius 3 is 2.22 bits per heavy atom. The maximum Gasteiger partial charge on any atom is 0.0875 e. The highest BCUT2D eigenvalue weighted by Gasteiger charge is 2.64. The van der Waals surface area contributed by atoms with E-state index in [-0.39, 0.29) is 17.6 Å². The molecule has 0 amide bonds. The summed E-state index contributed by atoms with van der Waals surface area (Å²) in [5, 5.41) is 21.6. The zero-order valence-electron chi connectivity index (χ0n) is 21.6. The van der Waals surface area contributed by atoms with Crippen LogP contribution in [-0.4, -0.2) is 34.6 Å². The average Bonchev–Trinajstić information content (AvgIpc) is 3.43. The molecule has 2 N–H and O–H groups in total. The molecule has 0 aromatic carbocycles. The van der Waals surface area contributed by atoms with Crippen LogP contribution < -0.4 is 0 Å². The summed E-state index contributed by atoms with van der Waals surface area (Å²) in [5.74, 6) is 5.31. The van der Waals surface area contributed by atoms with Gasteiger partial charge in [-0.1, -0.05) is 48.0 Å². The lowest BCUT2D eigenvalue weighted by Gasteiger charge is -2.62. The maximum atomic E-state index is 11.2. The molecule has 3 nitrogen and oxygen atoms in total. The SMILES string of the molecule is CC[C@@H](C(C)C)C1OC1[C@@H](C)[C@H]1CC[C@H]2[C@@H]3C[C@@H](O)[C@H]4C[C@H](O)CC[C@]4(C)[C@H]3CC[C@]12C. The molecule has 3 heteroatoms. The molecule has 0 radical (unpaired) electrons. The van der Waals surface area contributed by atoms with E-state index in [0.717, 1.165) is 43.4 Å². The molecule has 1 aliphatic heterocycles. The fraction of sp³-hybridized carbons (Fsp3) is 1.00. The summed E-state index contributed by atoms with van der Waals surface area (Å²) in [6, 6.07) is 0. The molecule has 13 atom stereocenters. The van der Waals surface area contributed by atoms with Crippen LogP contribution in [0, 0.1) is 58.2 Å². The quantitative estimate of drug-likeness (QED) is 0.505. The number of fused-ring (bicyclic) bond motifs is 5. The van der Waals surface area contributed by atoms with Crippen LogP contribution in [0.5, 0.6) is 0 Å². The van der Waals surface area contributed by atoms with Gasteiger partial charge in [0, 0.05) is 0 Å². The number of hydrogen-bond donors (Lipinski definition) is 2. The number of hydrogen-bond acceptors (Lipinski definition) is 3. The van der Waals surface area contributed by atoms with E-state index in [1.807, 2.05) is 0 Å². The van der Waals surface area contributed by atoms with Crippen molar-refractivity contribution in [2.75, 3.05) is 0 Å². The van der Waals surface area contributed by atoms with Crippen molar-refractivity contribution in [3.05, 3.63) is 0 Å². The minimum absolute atomic E-state index is 0.200. The molecule has 5 fully saturated rings. The summed E-state index contributed by atoms with van der Waals surface area (Å²) in [4.78, 5) is 0. The number of aliphatic hydroxyl groups is 2. The minimum atomic E-state index is -0.220. The summed E-state index contributed by atoms with van der Waals surface area (Å²) in [5.41, 5.74) is 0.636. The van der Waals surface area contributed by atoms with E-state index >= 15 is 0 Å². The summed E-state index contributed by atoms with van der Waals surface area (Å²) in [7, 11) is 0. The highest BCUT2D eigenvalue weighted by molar-refractivity contribution is 5.12.